The first kappa shape index (κ1) is 11.6. The van der Waals surface area contributed by atoms with Crippen molar-refractivity contribution in [2.45, 2.75) is 6.61 Å². The van der Waals surface area contributed by atoms with Crippen LogP contribution in [0.5, 0.6) is 0 Å². The van der Waals surface area contributed by atoms with E-state index in [9.17, 15) is 5.11 Å². The van der Waals surface area contributed by atoms with Crippen molar-refractivity contribution in [3.8, 4) is 11.3 Å². The van der Waals surface area contributed by atoms with E-state index in [0.717, 1.165) is 32.0 Å². The Morgan fingerprint density at radius 3 is 3.00 bits per heavy atom. The van der Waals surface area contributed by atoms with Crippen molar-refractivity contribution in [1.82, 2.24) is 14.4 Å². The smallest absolute Gasteiger partial charge is 0.195 e. The van der Waals surface area contributed by atoms with E-state index in [-0.39, 0.29) is 6.61 Å². The van der Waals surface area contributed by atoms with Crippen LogP contribution in [-0.2, 0) is 6.61 Å². The van der Waals surface area contributed by atoms with Crippen LogP contribution in [0.25, 0.3) is 26.4 Å². The summed E-state index contributed by atoms with van der Waals surface area (Å²) in [6, 6.07) is 9.90. The average Bonchev–Trinajstić information content (AvgIpc) is 3.05. The molecule has 1 aromatic carbocycles. The molecule has 3 heterocycles. The fourth-order valence-corrected chi connectivity index (χ4v) is 3.37. The standard InChI is InChI=1S/C15H11N3OS/c19-9-10-3-4-13-14(6-10)20-15-17-12(8-18(13)15)11-2-1-5-16-7-11/h1-8,19H,9H2. The molecule has 0 saturated carbocycles. The second-order valence-electron chi connectivity index (χ2n) is 4.58. The van der Waals surface area contributed by atoms with Gasteiger partial charge in [0.25, 0.3) is 0 Å². The van der Waals surface area contributed by atoms with Crippen LogP contribution in [0.15, 0.2) is 48.9 Å². The summed E-state index contributed by atoms with van der Waals surface area (Å²) in [7, 11) is 0. The van der Waals surface area contributed by atoms with Gasteiger partial charge in [-0.05, 0) is 29.8 Å². The molecule has 0 aliphatic carbocycles. The summed E-state index contributed by atoms with van der Waals surface area (Å²) in [5.41, 5.74) is 3.99. The fourth-order valence-electron chi connectivity index (χ4n) is 2.30. The van der Waals surface area contributed by atoms with Gasteiger partial charge in [0.05, 0.1) is 22.5 Å². The molecular weight excluding hydrogens is 270 g/mol. The van der Waals surface area contributed by atoms with Crippen LogP contribution in [-0.4, -0.2) is 19.5 Å². The van der Waals surface area contributed by atoms with Gasteiger partial charge in [0.15, 0.2) is 4.96 Å². The van der Waals surface area contributed by atoms with E-state index >= 15 is 0 Å². The molecule has 0 aliphatic heterocycles. The molecule has 4 nitrogen and oxygen atoms in total. The molecular formula is C15H11N3OS. The lowest BCUT2D eigenvalue weighted by atomic mass is 10.2. The van der Waals surface area contributed by atoms with E-state index in [2.05, 4.69) is 14.4 Å². The maximum atomic E-state index is 9.19. The summed E-state index contributed by atoms with van der Waals surface area (Å²) < 4.78 is 3.22. The van der Waals surface area contributed by atoms with Gasteiger partial charge in [-0.1, -0.05) is 17.4 Å². The number of nitrogens with zero attached hydrogens (tertiary/aromatic N) is 3. The Morgan fingerprint density at radius 1 is 1.25 bits per heavy atom. The van der Waals surface area contributed by atoms with E-state index in [0.29, 0.717) is 0 Å². The SMILES string of the molecule is OCc1ccc2c(c1)sc1nc(-c3cccnc3)cn12. The lowest BCUT2D eigenvalue weighted by Crippen LogP contribution is -1.82. The molecule has 0 saturated heterocycles. The quantitative estimate of drug-likeness (QED) is 0.614. The zero-order valence-electron chi connectivity index (χ0n) is 10.5. The van der Waals surface area contributed by atoms with Gasteiger partial charge in [0.2, 0.25) is 0 Å². The Kier molecular flexibility index (Phi) is 2.55. The summed E-state index contributed by atoms with van der Waals surface area (Å²) in [5.74, 6) is 0. The molecule has 5 heteroatoms. The summed E-state index contributed by atoms with van der Waals surface area (Å²) in [5, 5.41) is 9.19. The average molecular weight is 281 g/mol. The van der Waals surface area contributed by atoms with Crippen LogP contribution >= 0.6 is 11.3 Å². The number of benzene rings is 1. The molecule has 20 heavy (non-hydrogen) atoms. The Bertz CT molecular complexity index is 895. The van der Waals surface area contributed by atoms with Crippen molar-refractivity contribution in [2.24, 2.45) is 0 Å². The maximum absolute atomic E-state index is 9.19. The predicted molar refractivity (Wildman–Crippen MR) is 79.7 cm³/mol. The molecule has 0 radical (unpaired) electrons. The third-order valence-corrected chi connectivity index (χ3v) is 4.32. The molecule has 0 amide bonds. The number of thiazole rings is 1. The minimum atomic E-state index is 0.0666. The van der Waals surface area contributed by atoms with Crippen LogP contribution in [0.1, 0.15) is 5.56 Å². The van der Waals surface area contributed by atoms with E-state index in [1.807, 2.05) is 42.7 Å². The first-order valence-electron chi connectivity index (χ1n) is 6.27. The van der Waals surface area contributed by atoms with Crippen molar-refractivity contribution in [1.29, 1.82) is 0 Å². The van der Waals surface area contributed by atoms with Crippen molar-refractivity contribution in [2.75, 3.05) is 0 Å². The minimum absolute atomic E-state index is 0.0666. The topological polar surface area (TPSA) is 50.4 Å². The number of hydrogen-bond acceptors (Lipinski definition) is 4. The molecule has 4 aromatic rings. The van der Waals surface area contributed by atoms with E-state index in [1.165, 1.54) is 0 Å². The summed E-state index contributed by atoms with van der Waals surface area (Å²) >= 11 is 1.63. The van der Waals surface area contributed by atoms with Gasteiger partial charge in [0.1, 0.15) is 0 Å². The molecule has 1 N–H and O–H groups in total. The molecule has 0 spiro atoms. The van der Waals surface area contributed by atoms with E-state index in [4.69, 9.17) is 0 Å². The second-order valence-corrected chi connectivity index (χ2v) is 5.59. The summed E-state index contributed by atoms with van der Waals surface area (Å²) in [4.78, 5) is 9.73. The van der Waals surface area contributed by atoms with Crippen molar-refractivity contribution < 1.29 is 5.11 Å². The molecule has 3 aromatic heterocycles. The highest BCUT2D eigenvalue weighted by Crippen LogP contribution is 2.29. The van der Waals surface area contributed by atoms with Crippen LogP contribution < -0.4 is 0 Å². The number of pyridine rings is 1. The maximum Gasteiger partial charge on any atom is 0.195 e. The highest BCUT2D eigenvalue weighted by Gasteiger charge is 2.10. The third kappa shape index (κ3) is 1.71. The molecule has 0 bridgehead atoms. The molecule has 4 rings (SSSR count). The number of aliphatic hydroxyl groups excluding tert-OH is 1. The minimum Gasteiger partial charge on any atom is -0.392 e. The normalized spacial score (nSPS) is 11.4. The van der Waals surface area contributed by atoms with Gasteiger partial charge in [-0.3, -0.25) is 9.38 Å². The first-order valence-corrected chi connectivity index (χ1v) is 7.08. The number of aliphatic hydroxyl groups is 1. The number of aromatic nitrogens is 3. The van der Waals surface area contributed by atoms with Gasteiger partial charge < -0.3 is 5.11 Å². The predicted octanol–water partition coefficient (Wildman–Crippen LogP) is 3.10. The summed E-state index contributed by atoms with van der Waals surface area (Å²) in [6.07, 6.45) is 5.61. The fraction of sp³-hybridized carbons (Fsp3) is 0.0667. The number of rotatable bonds is 2. The zero-order valence-corrected chi connectivity index (χ0v) is 11.3. The van der Waals surface area contributed by atoms with Crippen LogP contribution in [0.2, 0.25) is 0 Å². The van der Waals surface area contributed by atoms with E-state index < -0.39 is 0 Å². The van der Waals surface area contributed by atoms with Crippen molar-refractivity contribution >= 4 is 26.5 Å². The van der Waals surface area contributed by atoms with Gasteiger partial charge in [-0.25, -0.2) is 4.98 Å². The van der Waals surface area contributed by atoms with Crippen LogP contribution in [0.3, 0.4) is 0 Å². The number of imidazole rings is 1. The Hall–Kier alpha value is -2.24. The first-order chi connectivity index (χ1) is 9.85. The molecule has 0 unspecified atom stereocenters. The third-order valence-electron chi connectivity index (χ3n) is 3.30. The lowest BCUT2D eigenvalue weighted by molar-refractivity contribution is 0.282. The van der Waals surface area contributed by atoms with Crippen LogP contribution in [0, 0.1) is 0 Å². The Morgan fingerprint density at radius 2 is 2.20 bits per heavy atom. The molecule has 0 atom stereocenters. The van der Waals surface area contributed by atoms with Crippen LogP contribution in [0.4, 0.5) is 0 Å². The van der Waals surface area contributed by atoms with Crippen molar-refractivity contribution in [3.05, 3.63) is 54.5 Å². The molecule has 0 fully saturated rings. The van der Waals surface area contributed by atoms with Gasteiger partial charge >= 0.3 is 0 Å². The Balaban J connectivity index is 1.93. The van der Waals surface area contributed by atoms with Gasteiger partial charge in [0, 0.05) is 24.2 Å². The lowest BCUT2D eigenvalue weighted by Gasteiger charge is -1.96. The molecule has 98 valence electrons. The molecule has 0 aliphatic rings. The largest absolute Gasteiger partial charge is 0.392 e. The highest BCUT2D eigenvalue weighted by molar-refractivity contribution is 7.23. The zero-order chi connectivity index (χ0) is 13.5. The number of fused-ring (bicyclic) bond motifs is 3. The van der Waals surface area contributed by atoms with Gasteiger partial charge in [-0.15, -0.1) is 0 Å². The van der Waals surface area contributed by atoms with Crippen molar-refractivity contribution in [3.63, 3.8) is 0 Å². The van der Waals surface area contributed by atoms with Gasteiger partial charge in [-0.2, -0.15) is 0 Å². The second kappa shape index (κ2) is 4.40. The monoisotopic (exact) mass is 281 g/mol. The Labute approximate surface area is 119 Å². The van der Waals surface area contributed by atoms with E-state index in [1.54, 1.807) is 17.5 Å². The number of hydrogen-bond donors (Lipinski definition) is 1. The highest BCUT2D eigenvalue weighted by atomic mass is 32.1. The summed E-state index contributed by atoms with van der Waals surface area (Å²) in [6.45, 7) is 0.0666.